The minimum Gasteiger partial charge on any atom is -0.341 e. The maximum atomic E-state index is 12.3. The largest absolute Gasteiger partial charge is 0.341 e. The van der Waals surface area contributed by atoms with Crippen LogP contribution in [0, 0.1) is 0 Å². The normalized spacial score (nSPS) is 11.2. The third-order valence-corrected chi connectivity index (χ3v) is 3.89. The number of pyridine rings is 1. The molecule has 2 aromatic rings. The highest BCUT2D eigenvalue weighted by Crippen LogP contribution is 2.23. The molecule has 2 aromatic heterocycles. The lowest BCUT2D eigenvalue weighted by atomic mass is 10.1. The van der Waals surface area contributed by atoms with Gasteiger partial charge in [-0.2, -0.15) is 0 Å². The van der Waals surface area contributed by atoms with Crippen LogP contribution < -0.4 is 16.6 Å². The Hall–Kier alpha value is -1.70. The van der Waals surface area contributed by atoms with E-state index in [0.717, 1.165) is 5.01 Å². The predicted octanol–water partition coefficient (Wildman–Crippen LogP) is 2.14. The van der Waals surface area contributed by atoms with Gasteiger partial charge in [-0.25, -0.2) is 15.8 Å². The highest BCUT2D eigenvalue weighted by atomic mass is 35.5. The number of halogens is 1. The van der Waals surface area contributed by atoms with Crippen LogP contribution in [-0.4, -0.2) is 15.9 Å². The molecule has 4 N–H and O–H groups in total. The van der Waals surface area contributed by atoms with Crippen LogP contribution in [0.15, 0.2) is 23.7 Å². The van der Waals surface area contributed by atoms with E-state index >= 15 is 0 Å². The Balaban J connectivity index is 2.22. The molecule has 0 saturated heterocycles. The molecule has 0 radical (unpaired) electrons. The summed E-state index contributed by atoms with van der Waals surface area (Å²) in [4.78, 5) is 20.4. The van der Waals surface area contributed by atoms with Crippen molar-refractivity contribution in [3.63, 3.8) is 0 Å². The smallest absolute Gasteiger partial charge is 0.252 e. The van der Waals surface area contributed by atoms with Crippen molar-refractivity contribution < 1.29 is 4.79 Å². The fourth-order valence-electron chi connectivity index (χ4n) is 1.64. The van der Waals surface area contributed by atoms with Crippen molar-refractivity contribution in [3.05, 3.63) is 39.4 Å². The third-order valence-electron chi connectivity index (χ3n) is 2.60. The summed E-state index contributed by atoms with van der Waals surface area (Å²) in [6.07, 6.45) is 1.70. The van der Waals surface area contributed by atoms with E-state index in [4.69, 9.17) is 17.4 Å². The summed E-state index contributed by atoms with van der Waals surface area (Å²) in [7, 11) is 0. The average molecular weight is 312 g/mol. The molecule has 0 fully saturated rings. The van der Waals surface area contributed by atoms with E-state index in [2.05, 4.69) is 20.7 Å². The van der Waals surface area contributed by atoms with Crippen LogP contribution in [0.25, 0.3) is 0 Å². The Morgan fingerprint density at radius 1 is 1.45 bits per heavy atom. The van der Waals surface area contributed by atoms with E-state index in [9.17, 15) is 4.79 Å². The van der Waals surface area contributed by atoms with Gasteiger partial charge in [-0.05, 0) is 26.0 Å². The Morgan fingerprint density at radius 3 is 2.80 bits per heavy atom. The lowest BCUT2D eigenvalue weighted by Gasteiger charge is -2.23. The van der Waals surface area contributed by atoms with E-state index in [1.165, 1.54) is 23.5 Å². The number of hydrogen-bond donors (Lipinski definition) is 3. The van der Waals surface area contributed by atoms with Gasteiger partial charge in [0.1, 0.15) is 16.0 Å². The van der Waals surface area contributed by atoms with Crippen LogP contribution in [0.5, 0.6) is 0 Å². The Kier molecular flexibility index (Phi) is 4.22. The van der Waals surface area contributed by atoms with Crippen LogP contribution in [0.1, 0.15) is 29.2 Å². The van der Waals surface area contributed by atoms with Gasteiger partial charge in [0.25, 0.3) is 5.91 Å². The fraction of sp³-hybridized carbons (Fsp3) is 0.250. The molecule has 0 unspecified atom stereocenters. The number of rotatable bonds is 4. The average Bonchev–Trinajstić information content (AvgIpc) is 2.92. The number of aromatic nitrogens is 2. The SMILES string of the molecule is CC(C)(NC(=O)c1cc(Cl)nc(NN)c1)c1nccs1. The van der Waals surface area contributed by atoms with Gasteiger partial charge in [-0.3, -0.25) is 4.79 Å². The second-order valence-electron chi connectivity index (χ2n) is 4.62. The summed E-state index contributed by atoms with van der Waals surface area (Å²) in [5.41, 5.74) is 2.17. The number of carbonyl (C=O) groups excluding carboxylic acids is 1. The molecule has 1 amide bonds. The first-order valence-electron chi connectivity index (χ1n) is 5.79. The minimum absolute atomic E-state index is 0.192. The summed E-state index contributed by atoms with van der Waals surface area (Å²) in [6, 6.07) is 3.01. The van der Waals surface area contributed by atoms with Gasteiger partial charge in [-0.1, -0.05) is 11.6 Å². The monoisotopic (exact) mass is 311 g/mol. The van der Waals surface area contributed by atoms with Gasteiger partial charge < -0.3 is 10.7 Å². The summed E-state index contributed by atoms with van der Waals surface area (Å²) in [5.74, 6) is 5.34. The molecular weight excluding hydrogens is 298 g/mol. The van der Waals surface area contributed by atoms with Crippen molar-refractivity contribution in [1.82, 2.24) is 15.3 Å². The molecule has 106 valence electrons. The van der Waals surface area contributed by atoms with Gasteiger partial charge >= 0.3 is 0 Å². The van der Waals surface area contributed by atoms with Crippen LogP contribution in [0.2, 0.25) is 5.15 Å². The molecule has 0 spiro atoms. The molecule has 0 atom stereocenters. The quantitative estimate of drug-likeness (QED) is 0.457. The standard InChI is InChI=1S/C12H14ClN5OS/c1-12(2,11-15-3-4-20-11)17-10(19)7-5-8(13)16-9(6-7)18-14/h3-6H,14H2,1-2H3,(H,16,18)(H,17,19). The van der Waals surface area contributed by atoms with Crippen molar-refractivity contribution in [2.24, 2.45) is 5.84 Å². The number of nitrogens with two attached hydrogens (primary N) is 1. The third kappa shape index (κ3) is 3.24. The Bertz CT molecular complexity index is 614. The number of hydrogen-bond acceptors (Lipinski definition) is 6. The van der Waals surface area contributed by atoms with Crippen molar-refractivity contribution in [2.75, 3.05) is 5.43 Å². The molecule has 0 aliphatic carbocycles. The van der Waals surface area contributed by atoms with Gasteiger partial charge in [-0.15, -0.1) is 11.3 Å². The highest BCUT2D eigenvalue weighted by molar-refractivity contribution is 7.09. The van der Waals surface area contributed by atoms with Crippen LogP contribution in [-0.2, 0) is 5.54 Å². The highest BCUT2D eigenvalue weighted by Gasteiger charge is 2.26. The summed E-state index contributed by atoms with van der Waals surface area (Å²) in [6.45, 7) is 3.77. The Morgan fingerprint density at radius 2 is 2.20 bits per heavy atom. The molecule has 2 rings (SSSR count). The maximum absolute atomic E-state index is 12.3. The van der Waals surface area contributed by atoms with Crippen molar-refractivity contribution in [2.45, 2.75) is 19.4 Å². The molecule has 0 aliphatic heterocycles. The topological polar surface area (TPSA) is 92.9 Å². The zero-order valence-corrected chi connectivity index (χ0v) is 12.5. The van der Waals surface area contributed by atoms with Crippen LogP contribution in [0.3, 0.4) is 0 Å². The van der Waals surface area contributed by atoms with Crippen molar-refractivity contribution >= 4 is 34.7 Å². The molecule has 0 saturated carbocycles. The zero-order valence-electron chi connectivity index (χ0n) is 11.0. The number of amides is 1. The van der Waals surface area contributed by atoms with E-state index in [0.29, 0.717) is 11.4 Å². The fourth-order valence-corrected chi connectivity index (χ4v) is 2.57. The molecule has 20 heavy (non-hydrogen) atoms. The van der Waals surface area contributed by atoms with Gasteiger partial charge in [0, 0.05) is 17.1 Å². The van der Waals surface area contributed by atoms with Crippen LogP contribution >= 0.6 is 22.9 Å². The molecule has 0 bridgehead atoms. The number of anilines is 1. The maximum Gasteiger partial charge on any atom is 0.252 e. The number of nitrogens with one attached hydrogen (secondary N) is 2. The zero-order chi connectivity index (χ0) is 14.8. The van der Waals surface area contributed by atoms with E-state index in [-0.39, 0.29) is 11.1 Å². The summed E-state index contributed by atoms with van der Waals surface area (Å²) < 4.78 is 0. The number of hydrazine groups is 1. The second kappa shape index (κ2) is 5.74. The lowest BCUT2D eigenvalue weighted by molar-refractivity contribution is 0.0912. The molecule has 6 nitrogen and oxygen atoms in total. The van der Waals surface area contributed by atoms with Crippen LogP contribution in [0.4, 0.5) is 5.82 Å². The number of carbonyl (C=O) groups is 1. The molecular formula is C12H14ClN5OS. The molecule has 0 aromatic carbocycles. The van der Waals surface area contributed by atoms with Crippen molar-refractivity contribution in [1.29, 1.82) is 0 Å². The number of nitrogens with zero attached hydrogens (tertiary/aromatic N) is 2. The molecule has 0 aliphatic rings. The minimum atomic E-state index is -0.572. The first-order chi connectivity index (χ1) is 9.42. The van der Waals surface area contributed by atoms with Crippen molar-refractivity contribution in [3.8, 4) is 0 Å². The molecule has 2 heterocycles. The number of nitrogen functional groups attached to an aromatic ring is 1. The predicted molar refractivity (Wildman–Crippen MR) is 79.7 cm³/mol. The molecule has 8 heteroatoms. The summed E-state index contributed by atoms with van der Waals surface area (Å²) in [5, 5.41) is 5.79. The summed E-state index contributed by atoms with van der Waals surface area (Å²) >= 11 is 7.33. The van der Waals surface area contributed by atoms with Gasteiger partial charge in [0.2, 0.25) is 0 Å². The second-order valence-corrected chi connectivity index (χ2v) is 5.91. The van der Waals surface area contributed by atoms with E-state index in [1.54, 1.807) is 6.20 Å². The first kappa shape index (κ1) is 14.7. The van der Waals surface area contributed by atoms with E-state index < -0.39 is 5.54 Å². The first-order valence-corrected chi connectivity index (χ1v) is 7.05. The van der Waals surface area contributed by atoms with Gasteiger partial charge in [0.15, 0.2) is 0 Å². The van der Waals surface area contributed by atoms with Gasteiger partial charge in [0.05, 0.1) is 5.54 Å². The lowest BCUT2D eigenvalue weighted by Crippen LogP contribution is -2.41. The number of thiazole rings is 1. The van der Waals surface area contributed by atoms with E-state index in [1.807, 2.05) is 19.2 Å². The Labute approximate surface area is 125 Å².